The van der Waals surface area contributed by atoms with Gasteiger partial charge in [-0.2, -0.15) is 0 Å². The maximum atomic E-state index is 9.73. The van der Waals surface area contributed by atoms with E-state index in [4.69, 9.17) is 0 Å². The van der Waals surface area contributed by atoms with Crippen LogP contribution in [0, 0.1) is 0 Å². The zero-order valence-corrected chi connectivity index (χ0v) is 12.6. The average Bonchev–Trinajstić information content (AvgIpc) is 2.30. The second-order valence-electron chi connectivity index (χ2n) is 6.27. The summed E-state index contributed by atoms with van der Waals surface area (Å²) >= 11 is 0. The number of benzene rings is 1. The Morgan fingerprint density at radius 3 is 2.33 bits per heavy atom. The Labute approximate surface area is 112 Å². The lowest BCUT2D eigenvalue weighted by Gasteiger charge is -2.27. The van der Waals surface area contributed by atoms with E-state index in [1.165, 1.54) is 36.8 Å². The number of phenolic OH excluding ortho intramolecular Hbond substituents is 1. The van der Waals surface area contributed by atoms with Crippen LogP contribution in [0.3, 0.4) is 0 Å². The maximum Gasteiger partial charge on any atom is 0.115 e. The molecule has 0 saturated heterocycles. The zero-order valence-electron chi connectivity index (χ0n) is 12.6. The lowest BCUT2D eigenvalue weighted by molar-refractivity contribution is 0.467. The number of rotatable bonds is 5. The molecule has 1 N–H and O–H groups in total. The second kappa shape index (κ2) is 6.26. The number of phenols is 1. The predicted octanol–water partition coefficient (Wildman–Crippen LogP) is 5.37. The van der Waals surface area contributed by atoms with Gasteiger partial charge in [0.05, 0.1) is 0 Å². The van der Waals surface area contributed by atoms with Gasteiger partial charge in [-0.05, 0) is 47.4 Å². The molecule has 0 fully saturated rings. The van der Waals surface area contributed by atoms with Gasteiger partial charge in [-0.3, -0.25) is 0 Å². The Balaban J connectivity index is 3.13. The van der Waals surface area contributed by atoms with E-state index in [1.807, 2.05) is 12.1 Å². The summed E-state index contributed by atoms with van der Waals surface area (Å²) in [5.41, 5.74) is 2.81. The van der Waals surface area contributed by atoms with Gasteiger partial charge >= 0.3 is 0 Å². The van der Waals surface area contributed by atoms with Gasteiger partial charge in [0.2, 0.25) is 0 Å². The van der Waals surface area contributed by atoms with Crippen molar-refractivity contribution in [2.75, 3.05) is 0 Å². The molecular weight excluding hydrogens is 220 g/mol. The van der Waals surface area contributed by atoms with E-state index in [0.29, 0.717) is 11.7 Å². The molecule has 0 bridgehead atoms. The van der Waals surface area contributed by atoms with Crippen LogP contribution in [0.1, 0.15) is 77.3 Å². The van der Waals surface area contributed by atoms with Crippen LogP contribution in [0.5, 0.6) is 5.75 Å². The number of hydrogen-bond acceptors (Lipinski definition) is 1. The normalized spacial score (nSPS) is 13.6. The molecule has 1 aromatic rings. The molecule has 1 rings (SSSR count). The summed E-state index contributed by atoms with van der Waals surface area (Å²) in [6.45, 7) is 11.2. The van der Waals surface area contributed by atoms with E-state index in [-0.39, 0.29) is 5.41 Å². The predicted molar refractivity (Wildman–Crippen MR) is 79.4 cm³/mol. The zero-order chi connectivity index (χ0) is 13.8. The minimum atomic E-state index is 0.0910. The molecule has 102 valence electrons. The Kier molecular flexibility index (Phi) is 5.25. The summed E-state index contributed by atoms with van der Waals surface area (Å²) in [6.07, 6.45) is 4.96. The average molecular weight is 248 g/mol. The van der Waals surface area contributed by atoms with Crippen LogP contribution in [0.4, 0.5) is 0 Å². The van der Waals surface area contributed by atoms with E-state index in [1.54, 1.807) is 0 Å². The van der Waals surface area contributed by atoms with Crippen LogP contribution in [0.2, 0.25) is 0 Å². The summed E-state index contributed by atoms with van der Waals surface area (Å²) in [4.78, 5) is 0. The highest BCUT2D eigenvalue weighted by atomic mass is 16.3. The third-order valence-corrected chi connectivity index (χ3v) is 3.68. The quantitative estimate of drug-likeness (QED) is 0.742. The molecule has 0 radical (unpaired) electrons. The Morgan fingerprint density at radius 2 is 1.83 bits per heavy atom. The van der Waals surface area contributed by atoms with E-state index in [9.17, 15) is 5.11 Å². The third-order valence-electron chi connectivity index (χ3n) is 3.68. The first-order chi connectivity index (χ1) is 8.40. The van der Waals surface area contributed by atoms with Crippen LogP contribution >= 0.6 is 0 Å². The standard InChI is InChI=1S/C17H28O/c1-6-8-9-13(7-2)15-11-10-14(18)12-16(15)17(3,4)5/h10-13,18H,6-9H2,1-5H3. The molecule has 18 heavy (non-hydrogen) atoms. The Morgan fingerprint density at radius 1 is 1.17 bits per heavy atom. The van der Waals surface area contributed by atoms with Crippen molar-refractivity contribution in [3.63, 3.8) is 0 Å². The van der Waals surface area contributed by atoms with Crippen molar-refractivity contribution in [2.24, 2.45) is 0 Å². The highest BCUT2D eigenvalue weighted by molar-refractivity contribution is 5.41. The third kappa shape index (κ3) is 3.76. The minimum absolute atomic E-state index is 0.0910. The van der Waals surface area contributed by atoms with Crippen LogP contribution in [-0.2, 0) is 5.41 Å². The summed E-state index contributed by atoms with van der Waals surface area (Å²) in [5, 5.41) is 9.73. The van der Waals surface area contributed by atoms with Gasteiger partial charge in [-0.15, -0.1) is 0 Å². The van der Waals surface area contributed by atoms with E-state index in [0.717, 1.165) is 0 Å². The molecule has 0 aliphatic rings. The molecule has 0 aliphatic heterocycles. The van der Waals surface area contributed by atoms with Crippen molar-refractivity contribution in [1.82, 2.24) is 0 Å². The first kappa shape index (κ1) is 15.1. The van der Waals surface area contributed by atoms with Crippen LogP contribution < -0.4 is 0 Å². The number of aromatic hydroxyl groups is 1. The SMILES string of the molecule is CCCCC(CC)c1ccc(O)cc1C(C)(C)C. The van der Waals surface area contributed by atoms with Gasteiger partial charge in [0.25, 0.3) is 0 Å². The van der Waals surface area contributed by atoms with Crippen LogP contribution in [0.25, 0.3) is 0 Å². The Bertz CT molecular complexity index is 374. The second-order valence-corrected chi connectivity index (χ2v) is 6.27. The van der Waals surface area contributed by atoms with Crippen molar-refractivity contribution < 1.29 is 5.11 Å². The van der Waals surface area contributed by atoms with Gasteiger partial charge in [-0.25, -0.2) is 0 Å². The number of hydrogen-bond donors (Lipinski definition) is 1. The van der Waals surface area contributed by atoms with Crippen LogP contribution in [-0.4, -0.2) is 5.11 Å². The lowest BCUT2D eigenvalue weighted by Crippen LogP contribution is -2.16. The lowest BCUT2D eigenvalue weighted by atomic mass is 9.78. The van der Waals surface area contributed by atoms with Crippen molar-refractivity contribution in [2.45, 2.75) is 71.6 Å². The molecule has 0 saturated carbocycles. The minimum Gasteiger partial charge on any atom is -0.508 e. The first-order valence-electron chi connectivity index (χ1n) is 7.23. The molecule has 0 spiro atoms. The summed E-state index contributed by atoms with van der Waals surface area (Å²) in [7, 11) is 0. The van der Waals surface area contributed by atoms with Gasteiger partial charge in [0, 0.05) is 0 Å². The molecule has 0 amide bonds. The van der Waals surface area contributed by atoms with Gasteiger partial charge in [0.1, 0.15) is 5.75 Å². The molecular formula is C17H28O. The van der Waals surface area contributed by atoms with Crippen molar-refractivity contribution >= 4 is 0 Å². The van der Waals surface area contributed by atoms with E-state index >= 15 is 0 Å². The molecule has 1 aromatic carbocycles. The fraction of sp³-hybridized carbons (Fsp3) is 0.647. The summed E-state index contributed by atoms with van der Waals surface area (Å²) < 4.78 is 0. The van der Waals surface area contributed by atoms with Gasteiger partial charge < -0.3 is 5.11 Å². The van der Waals surface area contributed by atoms with Gasteiger partial charge in [0.15, 0.2) is 0 Å². The Hall–Kier alpha value is -0.980. The van der Waals surface area contributed by atoms with Gasteiger partial charge in [-0.1, -0.05) is 53.5 Å². The maximum absolute atomic E-state index is 9.73. The topological polar surface area (TPSA) is 20.2 Å². The molecule has 0 heterocycles. The van der Waals surface area contributed by atoms with Crippen molar-refractivity contribution in [3.05, 3.63) is 29.3 Å². The van der Waals surface area contributed by atoms with Crippen LogP contribution in [0.15, 0.2) is 18.2 Å². The molecule has 0 aliphatic carbocycles. The monoisotopic (exact) mass is 248 g/mol. The largest absolute Gasteiger partial charge is 0.508 e. The summed E-state index contributed by atoms with van der Waals surface area (Å²) in [6, 6.07) is 5.91. The van der Waals surface area contributed by atoms with Crippen molar-refractivity contribution in [1.29, 1.82) is 0 Å². The molecule has 1 atom stereocenters. The highest BCUT2D eigenvalue weighted by Crippen LogP contribution is 2.36. The smallest absolute Gasteiger partial charge is 0.115 e. The summed E-state index contributed by atoms with van der Waals surface area (Å²) in [5.74, 6) is 1.01. The molecule has 1 heteroatoms. The molecule has 1 nitrogen and oxygen atoms in total. The highest BCUT2D eigenvalue weighted by Gasteiger charge is 2.22. The fourth-order valence-corrected chi connectivity index (χ4v) is 2.58. The fourth-order valence-electron chi connectivity index (χ4n) is 2.58. The molecule has 0 aromatic heterocycles. The number of unbranched alkanes of at least 4 members (excludes halogenated alkanes) is 1. The first-order valence-corrected chi connectivity index (χ1v) is 7.23. The van der Waals surface area contributed by atoms with E-state index in [2.05, 4.69) is 40.7 Å². The van der Waals surface area contributed by atoms with Crippen molar-refractivity contribution in [3.8, 4) is 5.75 Å². The molecule has 1 unspecified atom stereocenters. The van der Waals surface area contributed by atoms with E-state index < -0.39 is 0 Å².